The summed E-state index contributed by atoms with van der Waals surface area (Å²) >= 11 is 6.49. The van der Waals surface area contributed by atoms with Gasteiger partial charge in [-0.15, -0.1) is 0 Å². The van der Waals surface area contributed by atoms with Crippen molar-refractivity contribution in [3.8, 4) is 0 Å². The minimum absolute atomic E-state index is 0.566. The van der Waals surface area contributed by atoms with Crippen LogP contribution in [0.2, 0.25) is 5.02 Å². The molecule has 1 saturated carbocycles. The number of benzene rings is 1. The van der Waals surface area contributed by atoms with Gasteiger partial charge in [-0.3, -0.25) is 5.43 Å². The number of rotatable bonds is 6. The number of nitrogens with zero attached hydrogens (tertiary/aromatic N) is 4. The molecule has 6 nitrogen and oxygen atoms in total. The molecule has 3 heterocycles. The molecule has 0 amide bonds. The number of methoxy groups -OCH3 is 1. The van der Waals surface area contributed by atoms with Crippen LogP contribution in [0.3, 0.4) is 0 Å². The van der Waals surface area contributed by atoms with E-state index < -0.39 is 0 Å². The third-order valence-corrected chi connectivity index (χ3v) is 6.99. The van der Waals surface area contributed by atoms with Crippen molar-refractivity contribution < 1.29 is 4.74 Å². The van der Waals surface area contributed by atoms with Gasteiger partial charge in [-0.2, -0.15) is 4.98 Å². The average Bonchev–Trinajstić information content (AvgIpc) is 3.42. The van der Waals surface area contributed by atoms with Crippen molar-refractivity contribution in [1.29, 1.82) is 0 Å². The molecular formula is C26H34ClN5O. The number of anilines is 2. The third kappa shape index (κ3) is 4.93. The van der Waals surface area contributed by atoms with Crippen LogP contribution in [0.15, 0.2) is 42.7 Å². The normalized spacial score (nSPS) is 21.8. The largest absolute Gasteiger partial charge is 0.383 e. The Balaban J connectivity index is 0.00000126. The number of halogens is 1. The van der Waals surface area contributed by atoms with E-state index in [1.807, 2.05) is 44.3 Å². The van der Waals surface area contributed by atoms with Gasteiger partial charge < -0.3 is 9.64 Å². The number of hydrogen-bond donors (Lipinski definition) is 1. The Morgan fingerprint density at radius 2 is 1.91 bits per heavy atom. The van der Waals surface area contributed by atoms with Crippen molar-refractivity contribution in [1.82, 2.24) is 15.0 Å². The number of hydrazine groups is 1. The molecule has 5 rings (SSSR count). The van der Waals surface area contributed by atoms with Gasteiger partial charge in [0.15, 0.2) is 0 Å². The van der Waals surface area contributed by atoms with Crippen molar-refractivity contribution in [2.24, 2.45) is 11.8 Å². The number of hydrogen-bond acceptors (Lipinski definition) is 6. The van der Waals surface area contributed by atoms with Gasteiger partial charge in [0, 0.05) is 60.4 Å². The van der Waals surface area contributed by atoms with E-state index in [2.05, 4.69) is 33.0 Å². The zero-order chi connectivity index (χ0) is 23.4. The predicted molar refractivity (Wildman–Crippen MR) is 137 cm³/mol. The summed E-state index contributed by atoms with van der Waals surface area (Å²) < 4.78 is 5.36. The van der Waals surface area contributed by atoms with Crippen LogP contribution in [-0.2, 0) is 4.74 Å². The number of aromatic nitrogens is 2. The van der Waals surface area contributed by atoms with E-state index in [9.17, 15) is 0 Å². The molecule has 2 aromatic rings. The highest BCUT2D eigenvalue weighted by molar-refractivity contribution is 6.33. The lowest BCUT2D eigenvalue weighted by atomic mass is 9.96. The van der Waals surface area contributed by atoms with Crippen molar-refractivity contribution in [3.05, 3.63) is 58.9 Å². The molecule has 3 aliphatic rings. The zero-order valence-corrected chi connectivity index (χ0v) is 20.6. The van der Waals surface area contributed by atoms with Crippen LogP contribution in [0.5, 0.6) is 0 Å². The summed E-state index contributed by atoms with van der Waals surface area (Å²) in [5.41, 5.74) is 7.18. The van der Waals surface area contributed by atoms with Crippen LogP contribution in [0.25, 0.3) is 11.6 Å². The Labute approximate surface area is 202 Å². The minimum Gasteiger partial charge on any atom is -0.383 e. The number of ether oxygens (including phenoxy) is 1. The summed E-state index contributed by atoms with van der Waals surface area (Å²) in [4.78, 5) is 11.6. The summed E-state index contributed by atoms with van der Waals surface area (Å²) in [5, 5.41) is 2.97. The smallest absolute Gasteiger partial charge is 0.239 e. The van der Waals surface area contributed by atoms with Gasteiger partial charge >= 0.3 is 0 Å². The molecule has 1 N–H and O–H groups in total. The van der Waals surface area contributed by atoms with Crippen LogP contribution >= 0.6 is 11.6 Å². The molecule has 0 spiro atoms. The van der Waals surface area contributed by atoms with E-state index in [1.54, 1.807) is 7.11 Å². The first-order valence-corrected chi connectivity index (χ1v) is 12.3. The Morgan fingerprint density at radius 3 is 2.61 bits per heavy atom. The molecule has 2 unspecified atom stereocenters. The number of nitrogens with one attached hydrogen (secondary N) is 1. The van der Waals surface area contributed by atoms with E-state index >= 15 is 0 Å². The summed E-state index contributed by atoms with van der Waals surface area (Å²) in [7, 11) is 1.70. The molecule has 1 saturated heterocycles. The maximum Gasteiger partial charge on any atom is 0.239 e. The monoisotopic (exact) mass is 467 g/mol. The van der Waals surface area contributed by atoms with Gasteiger partial charge in [-0.1, -0.05) is 56.6 Å². The first kappa shape index (κ1) is 23.7. The maximum atomic E-state index is 6.49. The highest BCUT2D eigenvalue weighted by Crippen LogP contribution is 2.40. The molecule has 1 aromatic carbocycles. The van der Waals surface area contributed by atoms with Crippen molar-refractivity contribution in [2.45, 2.75) is 33.1 Å². The third-order valence-electron chi connectivity index (χ3n) is 6.66. The molecule has 2 atom stereocenters. The molecule has 0 bridgehead atoms. The van der Waals surface area contributed by atoms with E-state index in [0.29, 0.717) is 24.1 Å². The summed E-state index contributed by atoms with van der Waals surface area (Å²) in [6.07, 6.45) is 8.01. The highest BCUT2D eigenvalue weighted by Gasteiger charge is 2.36. The fourth-order valence-corrected chi connectivity index (χ4v) is 5.31. The quantitative estimate of drug-likeness (QED) is 0.585. The molecule has 7 heteroatoms. The van der Waals surface area contributed by atoms with E-state index in [0.717, 1.165) is 53.1 Å². The number of fused-ring (bicyclic) bond motifs is 2. The Hall–Kier alpha value is -2.41. The zero-order valence-electron chi connectivity index (χ0n) is 19.9. The molecule has 2 fully saturated rings. The lowest BCUT2D eigenvalue weighted by molar-refractivity contribution is 0.206. The summed E-state index contributed by atoms with van der Waals surface area (Å²) in [5.74, 6) is 3.09. The van der Waals surface area contributed by atoms with Gasteiger partial charge in [0.1, 0.15) is 5.82 Å². The second-order valence-corrected chi connectivity index (χ2v) is 8.98. The minimum atomic E-state index is 0.566. The van der Waals surface area contributed by atoms with Crippen LogP contribution in [0, 0.1) is 11.8 Å². The Kier molecular flexibility index (Phi) is 7.68. The van der Waals surface area contributed by atoms with Crippen molar-refractivity contribution >= 4 is 35.0 Å². The molecule has 176 valence electrons. The van der Waals surface area contributed by atoms with E-state index in [1.165, 1.54) is 19.3 Å². The fraction of sp³-hybridized carbons (Fsp3) is 0.462. The van der Waals surface area contributed by atoms with Crippen LogP contribution in [-0.4, -0.2) is 48.3 Å². The summed E-state index contributed by atoms with van der Waals surface area (Å²) in [6.45, 7) is 11.7. The van der Waals surface area contributed by atoms with Crippen LogP contribution in [0.4, 0.5) is 11.8 Å². The van der Waals surface area contributed by atoms with Crippen molar-refractivity contribution in [3.63, 3.8) is 0 Å². The first-order chi connectivity index (χ1) is 16.1. The second kappa shape index (κ2) is 10.7. The highest BCUT2D eigenvalue weighted by atomic mass is 35.5. The standard InChI is InChI=1S/C24H28ClN5O.C2H6/c1-16-21(20-8-3-4-9-22(20)25)12-19-13-26-24(27-23(19)30(16)10-11-31-2)28-29-14-17-6-5-7-18(17)15-29;1-2/h3-4,8-9,12-13,17-18H,1,5-7,10-11,14-15H2,2H3,(H,26,27,28);1-2H3. The predicted octanol–water partition coefficient (Wildman–Crippen LogP) is 5.74. The van der Waals surface area contributed by atoms with Crippen molar-refractivity contribution in [2.75, 3.05) is 43.7 Å². The first-order valence-electron chi connectivity index (χ1n) is 11.9. The van der Waals surface area contributed by atoms with Crippen LogP contribution < -0.4 is 10.3 Å². The molecule has 33 heavy (non-hydrogen) atoms. The molecule has 0 radical (unpaired) electrons. The SMILES string of the molecule is C=C1C(c2ccccc2Cl)=Cc2cnc(NN3CC4CCCC4C3)nc2N1CCOC.CC. The Morgan fingerprint density at radius 1 is 1.18 bits per heavy atom. The maximum absolute atomic E-state index is 6.49. The van der Waals surface area contributed by atoms with Crippen LogP contribution in [0.1, 0.15) is 44.2 Å². The Bertz CT molecular complexity index is 1010. The lowest BCUT2D eigenvalue weighted by Crippen LogP contribution is -2.32. The lowest BCUT2D eigenvalue weighted by Gasteiger charge is -2.32. The fourth-order valence-electron chi connectivity index (χ4n) is 5.07. The topological polar surface area (TPSA) is 53.5 Å². The van der Waals surface area contributed by atoms with Gasteiger partial charge in [0.2, 0.25) is 5.95 Å². The van der Waals surface area contributed by atoms with Gasteiger partial charge in [0.25, 0.3) is 0 Å². The molecule has 1 aliphatic carbocycles. The molecule has 1 aromatic heterocycles. The molecular weight excluding hydrogens is 434 g/mol. The van der Waals surface area contributed by atoms with E-state index in [-0.39, 0.29) is 0 Å². The molecule has 2 aliphatic heterocycles. The van der Waals surface area contributed by atoms with Gasteiger partial charge in [0.05, 0.1) is 6.61 Å². The van der Waals surface area contributed by atoms with Gasteiger partial charge in [-0.05, 0) is 36.8 Å². The van der Waals surface area contributed by atoms with E-state index in [4.69, 9.17) is 21.3 Å². The summed E-state index contributed by atoms with van der Waals surface area (Å²) in [6, 6.07) is 7.83. The number of allylic oxidation sites excluding steroid dienone is 1. The average molecular weight is 468 g/mol. The second-order valence-electron chi connectivity index (χ2n) is 8.57. The van der Waals surface area contributed by atoms with Gasteiger partial charge in [-0.25, -0.2) is 9.99 Å².